The molecule has 1 unspecified atom stereocenters. The maximum Gasteiger partial charge on any atom is 0.354 e. The zero-order chi connectivity index (χ0) is 17.8. The van der Waals surface area contributed by atoms with E-state index < -0.39 is 17.6 Å². The molecule has 132 valence electrons. The maximum atomic E-state index is 13.1. The Hall–Kier alpha value is -2.97. The SMILES string of the molecule is COC(=O)CC12C(=O)OCCN1C(=O)c1cc3c(cc1N2C)OCO3. The number of amides is 1. The minimum Gasteiger partial charge on any atom is -0.469 e. The summed E-state index contributed by atoms with van der Waals surface area (Å²) in [4.78, 5) is 40.7. The zero-order valence-electron chi connectivity index (χ0n) is 13.7. The average Bonchev–Trinajstić information content (AvgIpc) is 3.07. The molecule has 1 fully saturated rings. The van der Waals surface area contributed by atoms with Gasteiger partial charge in [0.05, 0.1) is 31.3 Å². The molecular weight excluding hydrogens is 332 g/mol. The maximum absolute atomic E-state index is 13.1. The number of hydrogen-bond donors (Lipinski definition) is 0. The first-order valence-corrected chi connectivity index (χ1v) is 7.72. The molecule has 0 aliphatic carbocycles. The second kappa shape index (κ2) is 5.27. The smallest absolute Gasteiger partial charge is 0.354 e. The molecule has 25 heavy (non-hydrogen) atoms. The van der Waals surface area contributed by atoms with E-state index in [9.17, 15) is 14.4 Å². The van der Waals surface area contributed by atoms with Crippen molar-refractivity contribution >= 4 is 23.5 Å². The van der Waals surface area contributed by atoms with Crippen molar-refractivity contribution in [1.29, 1.82) is 0 Å². The summed E-state index contributed by atoms with van der Waals surface area (Å²) in [5.41, 5.74) is -0.737. The predicted molar refractivity (Wildman–Crippen MR) is 82.3 cm³/mol. The molecular formula is C16H16N2O7. The third-order valence-corrected chi connectivity index (χ3v) is 4.82. The van der Waals surface area contributed by atoms with E-state index >= 15 is 0 Å². The molecule has 1 amide bonds. The molecule has 3 aliphatic heterocycles. The van der Waals surface area contributed by atoms with Crippen molar-refractivity contribution in [2.75, 3.05) is 39.0 Å². The Kier molecular flexibility index (Phi) is 3.28. The average molecular weight is 348 g/mol. The number of morpholine rings is 1. The number of carbonyl (C=O) groups is 3. The van der Waals surface area contributed by atoms with Gasteiger partial charge in [0.2, 0.25) is 12.5 Å². The summed E-state index contributed by atoms with van der Waals surface area (Å²) in [6, 6.07) is 3.23. The summed E-state index contributed by atoms with van der Waals surface area (Å²) in [7, 11) is 2.87. The summed E-state index contributed by atoms with van der Waals surface area (Å²) in [6.45, 7) is 0.316. The highest BCUT2D eigenvalue weighted by Crippen LogP contribution is 2.46. The van der Waals surface area contributed by atoms with Gasteiger partial charge in [-0.2, -0.15) is 0 Å². The van der Waals surface area contributed by atoms with Crippen LogP contribution < -0.4 is 14.4 Å². The van der Waals surface area contributed by atoms with Gasteiger partial charge in [-0.25, -0.2) is 4.79 Å². The summed E-state index contributed by atoms with van der Waals surface area (Å²) in [5.74, 6) is -0.701. The zero-order valence-corrected chi connectivity index (χ0v) is 13.7. The van der Waals surface area contributed by atoms with Gasteiger partial charge in [-0.05, 0) is 6.07 Å². The van der Waals surface area contributed by atoms with E-state index in [4.69, 9.17) is 18.9 Å². The van der Waals surface area contributed by atoms with Crippen molar-refractivity contribution in [1.82, 2.24) is 4.90 Å². The summed E-state index contributed by atoms with van der Waals surface area (Å²) < 4.78 is 20.6. The van der Waals surface area contributed by atoms with Gasteiger partial charge in [0.1, 0.15) is 6.61 Å². The van der Waals surface area contributed by atoms with Crippen molar-refractivity contribution in [2.45, 2.75) is 12.1 Å². The first kappa shape index (κ1) is 15.6. The van der Waals surface area contributed by atoms with Gasteiger partial charge < -0.3 is 28.7 Å². The molecule has 0 aromatic heterocycles. The Morgan fingerprint density at radius 2 is 1.96 bits per heavy atom. The Morgan fingerprint density at radius 1 is 1.24 bits per heavy atom. The number of ether oxygens (including phenoxy) is 4. The van der Waals surface area contributed by atoms with Crippen LogP contribution in [-0.4, -0.2) is 62.5 Å². The Bertz CT molecular complexity index is 793. The van der Waals surface area contributed by atoms with Gasteiger partial charge in [0.15, 0.2) is 11.5 Å². The van der Waals surface area contributed by atoms with Crippen LogP contribution in [0.25, 0.3) is 0 Å². The lowest BCUT2D eigenvalue weighted by Gasteiger charge is -2.52. The molecule has 0 N–H and O–H groups in total. The van der Waals surface area contributed by atoms with E-state index in [1.165, 1.54) is 12.0 Å². The first-order chi connectivity index (χ1) is 12.0. The van der Waals surface area contributed by atoms with Crippen LogP contribution >= 0.6 is 0 Å². The first-order valence-electron chi connectivity index (χ1n) is 7.72. The number of cyclic esters (lactones) is 1. The van der Waals surface area contributed by atoms with Crippen molar-refractivity contribution in [3.05, 3.63) is 17.7 Å². The van der Waals surface area contributed by atoms with Gasteiger partial charge in [-0.3, -0.25) is 9.59 Å². The van der Waals surface area contributed by atoms with Crippen molar-refractivity contribution in [2.24, 2.45) is 0 Å². The van der Waals surface area contributed by atoms with Crippen LogP contribution in [0.1, 0.15) is 16.8 Å². The molecule has 4 rings (SSSR count). The molecule has 0 radical (unpaired) electrons. The summed E-state index contributed by atoms with van der Waals surface area (Å²) >= 11 is 0. The van der Waals surface area contributed by atoms with Crippen LogP contribution in [0.4, 0.5) is 5.69 Å². The number of rotatable bonds is 2. The minimum absolute atomic E-state index is 0.0647. The fourth-order valence-corrected chi connectivity index (χ4v) is 3.51. The molecule has 1 aromatic carbocycles. The van der Waals surface area contributed by atoms with Crippen LogP contribution in [0.15, 0.2) is 12.1 Å². The van der Waals surface area contributed by atoms with E-state index in [0.29, 0.717) is 22.7 Å². The number of nitrogens with zero attached hydrogens (tertiary/aromatic N) is 2. The lowest BCUT2D eigenvalue weighted by Crippen LogP contribution is -2.72. The molecule has 1 atom stereocenters. The van der Waals surface area contributed by atoms with E-state index in [0.717, 1.165) is 0 Å². The predicted octanol–water partition coefficient (Wildman–Crippen LogP) is 0.123. The topological polar surface area (TPSA) is 94.6 Å². The number of carbonyl (C=O) groups excluding carboxylic acids is 3. The van der Waals surface area contributed by atoms with Crippen LogP contribution in [0.3, 0.4) is 0 Å². The van der Waals surface area contributed by atoms with Gasteiger partial charge in [0, 0.05) is 13.1 Å². The van der Waals surface area contributed by atoms with Crippen LogP contribution in [0, 0.1) is 0 Å². The molecule has 0 saturated carbocycles. The Labute approximate surface area is 143 Å². The Morgan fingerprint density at radius 3 is 2.68 bits per heavy atom. The highest BCUT2D eigenvalue weighted by Gasteiger charge is 2.58. The van der Waals surface area contributed by atoms with Gasteiger partial charge in [-0.1, -0.05) is 0 Å². The number of likely N-dealkylation sites (N-methyl/N-ethyl adjacent to an activating group) is 1. The fraction of sp³-hybridized carbons (Fsp3) is 0.438. The second-order valence-electron chi connectivity index (χ2n) is 5.94. The normalized spacial score (nSPS) is 23.8. The van der Waals surface area contributed by atoms with Crippen LogP contribution in [0.2, 0.25) is 0 Å². The number of benzene rings is 1. The molecule has 3 heterocycles. The highest BCUT2D eigenvalue weighted by molar-refractivity contribution is 6.08. The van der Waals surface area contributed by atoms with E-state index in [1.54, 1.807) is 24.1 Å². The van der Waals surface area contributed by atoms with Gasteiger partial charge in [0.25, 0.3) is 5.91 Å². The van der Waals surface area contributed by atoms with Crippen LogP contribution in [0.5, 0.6) is 11.5 Å². The number of esters is 2. The molecule has 1 saturated heterocycles. The molecule has 9 nitrogen and oxygen atoms in total. The number of methoxy groups -OCH3 is 1. The lowest BCUT2D eigenvalue weighted by molar-refractivity contribution is -0.170. The van der Waals surface area contributed by atoms with Crippen molar-refractivity contribution in [3.63, 3.8) is 0 Å². The third kappa shape index (κ3) is 1.98. The van der Waals surface area contributed by atoms with Gasteiger partial charge in [-0.15, -0.1) is 0 Å². The monoisotopic (exact) mass is 348 g/mol. The standard InChI is InChI=1S/C16H16N2O7/c1-17-10-6-12-11(24-8-25-12)5-9(10)14(20)18-3-4-23-15(21)16(17,18)7-13(19)22-2/h5-6H,3-4,7-8H2,1-2H3. The quantitative estimate of drug-likeness (QED) is 0.696. The minimum atomic E-state index is -1.58. The van der Waals surface area contributed by atoms with Crippen molar-refractivity contribution in [3.8, 4) is 11.5 Å². The lowest BCUT2D eigenvalue weighted by atomic mass is 9.92. The number of fused-ring (bicyclic) bond motifs is 3. The Balaban J connectivity index is 1.90. The highest BCUT2D eigenvalue weighted by atomic mass is 16.7. The molecule has 0 spiro atoms. The van der Waals surface area contributed by atoms with Gasteiger partial charge >= 0.3 is 11.9 Å². The van der Waals surface area contributed by atoms with Crippen LogP contribution in [-0.2, 0) is 19.1 Å². The number of anilines is 1. The summed E-state index contributed by atoms with van der Waals surface area (Å²) in [5, 5.41) is 0. The fourth-order valence-electron chi connectivity index (χ4n) is 3.51. The largest absolute Gasteiger partial charge is 0.469 e. The molecule has 1 aromatic rings. The summed E-state index contributed by atoms with van der Waals surface area (Å²) in [6.07, 6.45) is -0.335. The molecule has 3 aliphatic rings. The number of hydrogen-bond acceptors (Lipinski definition) is 8. The van der Waals surface area contributed by atoms with E-state index in [-0.39, 0.29) is 32.3 Å². The molecule has 9 heteroatoms. The van der Waals surface area contributed by atoms with Crippen molar-refractivity contribution < 1.29 is 33.3 Å². The van der Waals surface area contributed by atoms with E-state index in [1.807, 2.05) is 0 Å². The van der Waals surface area contributed by atoms with E-state index in [2.05, 4.69) is 0 Å². The second-order valence-corrected chi connectivity index (χ2v) is 5.94. The molecule has 0 bridgehead atoms. The third-order valence-electron chi connectivity index (χ3n) is 4.82.